The van der Waals surface area contributed by atoms with E-state index in [0.717, 1.165) is 12.0 Å². The van der Waals surface area contributed by atoms with Crippen LogP contribution in [0.15, 0.2) is 29.0 Å². The molecule has 0 radical (unpaired) electrons. The van der Waals surface area contributed by atoms with E-state index in [2.05, 4.69) is 20.4 Å². The van der Waals surface area contributed by atoms with Crippen molar-refractivity contribution >= 4 is 5.91 Å². The Kier molecular flexibility index (Phi) is 6.22. The molecule has 1 amide bonds. The highest BCUT2D eigenvalue weighted by Gasteiger charge is 2.18. The summed E-state index contributed by atoms with van der Waals surface area (Å²) in [6.45, 7) is 3.96. The normalized spacial score (nSPS) is 13.5. The summed E-state index contributed by atoms with van der Waals surface area (Å²) in [5.41, 5.74) is 0.816. The predicted molar refractivity (Wildman–Crippen MR) is 84.3 cm³/mol. The number of carbonyl (C=O) groups is 1. The number of nitrogens with zero attached hydrogens (tertiary/aromatic N) is 3. The average molecular weight is 318 g/mol. The summed E-state index contributed by atoms with van der Waals surface area (Å²) in [4.78, 5) is 20.2. The molecule has 0 saturated carbocycles. The van der Waals surface area contributed by atoms with E-state index in [1.807, 2.05) is 13.8 Å². The van der Waals surface area contributed by atoms with Crippen molar-refractivity contribution in [2.24, 2.45) is 5.92 Å². The highest BCUT2D eigenvalue weighted by Crippen LogP contribution is 2.14. The summed E-state index contributed by atoms with van der Waals surface area (Å²) in [5.74, 6) is 0.991. The van der Waals surface area contributed by atoms with Crippen LogP contribution in [0.4, 0.5) is 0 Å². The molecule has 7 heteroatoms. The zero-order valence-electron chi connectivity index (χ0n) is 13.4. The van der Waals surface area contributed by atoms with Crippen molar-refractivity contribution in [3.05, 3.63) is 30.4 Å². The third-order valence-electron chi connectivity index (χ3n) is 3.85. The number of aliphatic hydroxyl groups is 1. The van der Waals surface area contributed by atoms with Gasteiger partial charge in [-0.3, -0.25) is 9.78 Å². The first-order valence-corrected chi connectivity index (χ1v) is 7.77. The molecule has 2 heterocycles. The number of aliphatic hydroxyl groups excluding tert-OH is 1. The van der Waals surface area contributed by atoms with Crippen LogP contribution in [0.5, 0.6) is 0 Å². The summed E-state index contributed by atoms with van der Waals surface area (Å²) in [5, 5.41) is 16.1. The summed E-state index contributed by atoms with van der Waals surface area (Å²) in [6, 6.07) is 3.36. The molecule has 0 unspecified atom stereocenters. The van der Waals surface area contributed by atoms with Gasteiger partial charge in [0.25, 0.3) is 0 Å². The maximum absolute atomic E-state index is 12.0. The van der Waals surface area contributed by atoms with Crippen LogP contribution in [0.25, 0.3) is 11.4 Å². The second kappa shape index (κ2) is 8.38. The van der Waals surface area contributed by atoms with E-state index in [9.17, 15) is 9.90 Å². The molecule has 0 spiro atoms. The van der Waals surface area contributed by atoms with Gasteiger partial charge in [0.1, 0.15) is 0 Å². The van der Waals surface area contributed by atoms with Gasteiger partial charge in [0.05, 0.1) is 12.6 Å². The Morgan fingerprint density at radius 1 is 1.39 bits per heavy atom. The van der Waals surface area contributed by atoms with E-state index < -0.39 is 0 Å². The highest BCUT2D eigenvalue weighted by molar-refractivity contribution is 5.76. The lowest BCUT2D eigenvalue weighted by Gasteiger charge is -2.21. The van der Waals surface area contributed by atoms with Gasteiger partial charge in [-0.15, -0.1) is 0 Å². The molecule has 2 N–H and O–H groups in total. The Balaban J connectivity index is 1.86. The first-order valence-electron chi connectivity index (χ1n) is 7.77. The zero-order chi connectivity index (χ0) is 16.7. The summed E-state index contributed by atoms with van der Waals surface area (Å²) >= 11 is 0. The molecule has 0 bridgehead atoms. The van der Waals surface area contributed by atoms with Crippen molar-refractivity contribution in [1.29, 1.82) is 0 Å². The van der Waals surface area contributed by atoms with Crippen molar-refractivity contribution < 1.29 is 14.4 Å². The molecule has 7 nitrogen and oxygen atoms in total. The lowest BCUT2D eigenvalue weighted by atomic mass is 10.00. The van der Waals surface area contributed by atoms with Crippen LogP contribution in [0.2, 0.25) is 0 Å². The van der Waals surface area contributed by atoms with Crippen LogP contribution in [-0.2, 0) is 11.2 Å². The Labute approximate surface area is 135 Å². The van der Waals surface area contributed by atoms with Gasteiger partial charge in [-0.25, -0.2) is 0 Å². The minimum absolute atomic E-state index is 0.0620. The maximum Gasteiger partial charge on any atom is 0.227 e. The van der Waals surface area contributed by atoms with Gasteiger partial charge < -0.3 is 14.9 Å². The van der Waals surface area contributed by atoms with Crippen molar-refractivity contribution in [2.45, 2.75) is 39.2 Å². The van der Waals surface area contributed by atoms with Crippen LogP contribution >= 0.6 is 0 Å². The second-order valence-electron chi connectivity index (χ2n) is 5.49. The van der Waals surface area contributed by atoms with Gasteiger partial charge in [0, 0.05) is 30.8 Å². The molecular formula is C16H22N4O3. The van der Waals surface area contributed by atoms with Gasteiger partial charge in [-0.05, 0) is 18.1 Å². The number of pyridine rings is 1. The molecule has 124 valence electrons. The fraction of sp³-hybridized carbons (Fsp3) is 0.500. The van der Waals surface area contributed by atoms with E-state index >= 15 is 0 Å². The van der Waals surface area contributed by atoms with Crippen LogP contribution in [0.3, 0.4) is 0 Å². The van der Waals surface area contributed by atoms with Gasteiger partial charge >= 0.3 is 0 Å². The van der Waals surface area contributed by atoms with Crippen molar-refractivity contribution in [3.63, 3.8) is 0 Å². The number of nitrogens with one attached hydrogen (secondary N) is 1. The minimum Gasteiger partial charge on any atom is -0.394 e. The standard InChI is InChI=1S/C16H22N4O3/c1-3-11(2)13(10-21)18-14(22)4-5-15-19-16(20-23-15)12-6-8-17-9-7-12/h6-9,11,13,21H,3-5,10H2,1-2H3,(H,18,22)/t11-,13-/m0/s1. The monoisotopic (exact) mass is 318 g/mol. The molecule has 2 aromatic heterocycles. The van der Waals surface area contributed by atoms with Gasteiger partial charge in [-0.1, -0.05) is 25.4 Å². The predicted octanol–water partition coefficient (Wildman–Crippen LogP) is 1.59. The Morgan fingerprint density at radius 3 is 2.78 bits per heavy atom. The molecule has 2 rings (SSSR count). The van der Waals surface area contributed by atoms with E-state index in [4.69, 9.17) is 4.52 Å². The largest absolute Gasteiger partial charge is 0.394 e. The number of amides is 1. The number of rotatable bonds is 8. The molecule has 23 heavy (non-hydrogen) atoms. The van der Waals surface area contributed by atoms with Gasteiger partial charge in [0.2, 0.25) is 17.6 Å². The minimum atomic E-state index is -0.220. The van der Waals surface area contributed by atoms with Crippen molar-refractivity contribution in [3.8, 4) is 11.4 Å². The van der Waals surface area contributed by atoms with Crippen molar-refractivity contribution in [2.75, 3.05) is 6.61 Å². The summed E-state index contributed by atoms with van der Waals surface area (Å²) in [7, 11) is 0. The van der Waals surface area contributed by atoms with Gasteiger partial charge in [0.15, 0.2) is 0 Å². The first kappa shape index (κ1) is 17.1. The average Bonchev–Trinajstić information content (AvgIpc) is 3.07. The molecule has 0 aromatic carbocycles. The number of aryl methyl sites for hydroxylation is 1. The first-order chi connectivity index (χ1) is 11.1. The number of carbonyl (C=O) groups excluding carboxylic acids is 1. The summed E-state index contributed by atoms with van der Waals surface area (Å²) in [6.07, 6.45) is 4.81. The van der Waals surface area contributed by atoms with E-state index in [0.29, 0.717) is 18.1 Å². The lowest BCUT2D eigenvalue weighted by Crippen LogP contribution is -2.41. The SMILES string of the molecule is CC[C@H](C)[C@H](CO)NC(=O)CCc1nc(-c2ccncc2)no1. The fourth-order valence-electron chi connectivity index (χ4n) is 2.13. The van der Waals surface area contributed by atoms with Gasteiger partial charge in [-0.2, -0.15) is 4.98 Å². The fourth-order valence-corrected chi connectivity index (χ4v) is 2.13. The molecule has 0 aliphatic heterocycles. The number of aromatic nitrogens is 3. The lowest BCUT2D eigenvalue weighted by molar-refractivity contribution is -0.122. The van der Waals surface area contributed by atoms with Crippen LogP contribution in [0.1, 0.15) is 32.6 Å². The molecule has 0 aliphatic carbocycles. The van der Waals surface area contributed by atoms with Crippen molar-refractivity contribution in [1.82, 2.24) is 20.4 Å². The van der Waals surface area contributed by atoms with E-state index in [1.165, 1.54) is 0 Å². The summed E-state index contributed by atoms with van der Waals surface area (Å²) < 4.78 is 5.16. The third-order valence-corrected chi connectivity index (χ3v) is 3.85. The van der Waals surface area contributed by atoms with E-state index in [1.54, 1.807) is 24.5 Å². The molecule has 0 fully saturated rings. The number of hydrogen-bond acceptors (Lipinski definition) is 6. The van der Waals surface area contributed by atoms with Crippen LogP contribution in [-0.4, -0.2) is 38.8 Å². The molecule has 2 atom stereocenters. The highest BCUT2D eigenvalue weighted by atomic mass is 16.5. The third kappa shape index (κ3) is 4.85. The molecule has 0 aliphatic rings. The number of hydrogen-bond donors (Lipinski definition) is 2. The molecule has 0 saturated heterocycles. The van der Waals surface area contributed by atoms with Crippen LogP contribution < -0.4 is 5.32 Å². The van der Waals surface area contributed by atoms with E-state index in [-0.39, 0.29) is 30.9 Å². The smallest absolute Gasteiger partial charge is 0.227 e. The zero-order valence-corrected chi connectivity index (χ0v) is 13.4. The second-order valence-corrected chi connectivity index (χ2v) is 5.49. The topological polar surface area (TPSA) is 101 Å². The quantitative estimate of drug-likeness (QED) is 0.766. The Bertz CT molecular complexity index is 615. The molecular weight excluding hydrogens is 296 g/mol. The Morgan fingerprint density at radius 2 is 2.13 bits per heavy atom. The maximum atomic E-state index is 12.0. The Hall–Kier alpha value is -2.28. The molecule has 2 aromatic rings. The van der Waals surface area contributed by atoms with Crippen LogP contribution in [0, 0.1) is 5.92 Å².